The van der Waals surface area contributed by atoms with Crippen LogP contribution in [0.2, 0.25) is 0 Å². The van der Waals surface area contributed by atoms with Crippen LogP contribution in [0.5, 0.6) is 0 Å². The van der Waals surface area contributed by atoms with Crippen molar-refractivity contribution in [2.45, 2.75) is 25.9 Å². The summed E-state index contributed by atoms with van der Waals surface area (Å²) >= 11 is 0. The number of esters is 1. The zero-order valence-corrected chi connectivity index (χ0v) is 5.96. The monoisotopic (exact) mass is 138 g/mol. The first-order valence-electron chi connectivity index (χ1n) is 3.39. The van der Waals surface area contributed by atoms with Crippen molar-refractivity contribution in [3.63, 3.8) is 0 Å². The molecule has 2 nitrogen and oxygen atoms in total. The molecule has 1 fully saturated rings. The van der Waals surface area contributed by atoms with Gasteiger partial charge in [-0.2, -0.15) is 0 Å². The molecule has 54 valence electrons. The van der Waals surface area contributed by atoms with Crippen molar-refractivity contribution in [2.75, 3.05) is 0 Å². The molecule has 0 radical (unpaired) electrons. The lowest BCUT2D eigenvalue weighted by atomic mass is 9.97. The lowest BCUT2D eigenvalue weighted by Gasteiger charge is -2.23. The Kier molecular flexibility index (Phi) is 1.96. The second kappa shape index (κ2) is 2.74. The summed E-state index contributed by atoms with van der Waals surface area (Å²) in [5.74, 6) is 2.60. The smallest absolute Gasteiger partial charge is 0.307 e. The summed E-state index contributed by atoms with van der Waals surface area (Å²) in [7, 11) is 0. The normalized spacial score (nSPS) is 32.6. The highest BCUT2D eigenvalue weighted by molar-refractivity contribution is 5.70. The molecule has 1 rings (SSSR count). The second-order valence-corrected chi connectivity index (χ2v) is 2.59. The van der Waals surface area contributed by atoms with E-state index in [9.17, 15) is 4.79 Å². The lowest BCUT2D eigenvalue weighted by molar-refractivity contribution is -0.153. The van der Waals surface area contributed by atoms with E-state index in [0.717, 1.165) is 6.42 Å². The van der Waals surface area contributed by atoms with Crippen molar-refractivity contribution in [1.29, 1.82) is 0 Å². The van der Waals surface area contributed by atoms with Crippen LogP contribution in [0.3, 0.4) is 0 Å². The number of rotatable bonds is 0. The molecule has 0 aromatic heterocycles. The van der Waals surface area contributed by atoms with Crippen molar-refractivity contribution in [3.8, 4) is 12.3 Å². The van der Waals surface area contributed by atoms with Crippen molar-refractivity contribution in [3.05, 3.63) is 0 Å². The first-order valence-corrected chi connectivity index (χ1v) is 3.39. The molecular weight excluding hydrogens is 128 g/mol. The first kappa shape index (κ1) is 7.14. The van der Waals surface area contributed by atoms with E-state index in [0.29, 0.717) is 12.3 Å². The van der Waals surface area contributed by atoms with Gasteiger partial charge in [0.2, 0.25) is 0 Å². The quantitative estimate of drug-likeness (QED) is 0.368. The third kappa shape index (κ3) is 1.30. The van der Waals surface area contributed by atoms with Crippen LogP contribution in [0.15, 0.2) is 0 Å². The SMILES string of the molecule is C#CC1OC(=O)CCC1C. The van der Waals surface area contributed by atoms with E-state index < -0.39 is 0 Å². The second-order valence-electron chi connectivity index (χ2n) is 2.59. The Balaban J connectivity index is 2.56. The standard InChI is InChI=1S/C8H10O2/c1-3-7-6(2)4-5-8(9)10-7/h1,6-7H,4-5H2,2H3. The van der Waals surface area contributed by atoms with Crippen molar-refractivity contribution >= 4 is 5.97 Å². The molecule has 1 aliphatic rings. The molecule has 1 aliphatic heterocycles. The van der Waals surface area contributed by atoms with Gasteiger partial charge in [-0.05, 0) is 6.42 Å². The summed E-state index contributed by atoms with van der Waals surface area (Å²) in [6.07, 6.45) is 6.21. The fraction of sp³-hybridized carbons (Fsp3) is 0.625. The molecule has 2 heteroatoms. The summed E-state index contributed by atoms with van der Waals surface area (Å²) in [4.78, 5) is 10.7. The van der Waals surface area contributed by atoms with E-state index in [1.807, 2.05) is 6.92 Å². The van der Waals surface area contributed by atoms with Gasteiger partial charge in [0.1, 0.15) is 0 Å². The number of ether oxygens (including phenoxy) is 1. The summed E-state index contributed by atoms with van der Waals surface area (Å²) < 4.78 is 4.87. The number of terminal acetylenes is 1. The Morgan fingerprint density at radius 1 is 1.80 bits per heavy atom. The van der Waals surface area contributed by atoms with Gasteiger partial charge in [-0.15, -0.1) is 6.42 Å². The summed E-state index contributed by atoms with van der Waals surface area (Å²) in [5, 5.41) is 0. The molecule has 0 aromatic carbocycles. The average Bonchev–Trinajstić information content (AvgIpc) is 1.94. The Hall–Kier alpha value is -0.970. The van der Waals surface area contributed by atoms with Gasteiger partial charge in [-0.1, -0.05) is 12.8 Å². The largest absolute Gasteiger partial charge is 0.449 e. The van der Waals surface area contributed by atoms with Gasteiger partial charge in [0.25, 0.3) is 0 Å². The van der Waals surface area contributed by atoms with Crippen LogP contribution in [-0.2, 0) is 9.53 Å². The maximum Gasteiger partial charge on any atom is 0.307 e. The van der Waals surface area contributed by atoms with Gasteiger partial charge in [-0.3, -0.25) is 4.79 Å². The molecule has 0 aromatic rings. The Bertz CT molecular complexity index is 178. The molecule has 0 N–H and O–H groups in total. The zero-order chi connectivity index (χ0) is 7.56. The highest BCUT2D eigenvalue weighted by atomic mass is 16.5. The van der Waals surface area contributed by atoms with Crippen LogP contribution in [0, 0.1) is 18.3 Å². The van der Waals surface area contributed by atoms with Gasteiger partial charge >= 0.3 is 5.97 Å². The topological polar surface area (TPSA) is 26.3 Å². The third-order valence-electron chi connectivity index (χ3n) is 1.74. The minimum Gasteiger partial charge on any atom is -0.449 e. The average molecular weight is 138 g/mol. The number of carbonyl (C=O) groups is 1. The number of hydrogen-bond acceptors (Lipinski definition) is 2. The number of carbonyl (C=O) groups excluding carboxylic acids is 1. The van der Waals surface area contributed by atoms with Gasteiger partial charge in [0.05, 0.1) is 0 Å². The van der Waals surface area contributed by atoms with E-state index in [1.54, 1.807) is 0 Å². The predicted molar refractivity (Wildman–Crippen MR) is 37.1 cm³/mol. The van der Waals surface area contributed by atoms with Crippen LogP contribution in [0.1, 0.15) is 19.8 Å². The molecular formula is C8H10O2. The Morgan fingerprint density at radius 2 is 2.50 bits per heavy atom. The van der Waals surface area contributed by atoms with Gasteiger partial charge < -0.3 is 4.74 Å². The fourth-order valence-corrected chi connectivity index (χ4v) is 1.01. The van der Waals surface area contributed by atoms with E-state index >= 15 is 0 Å². The highest BCUT2D eigenvalue weighted by Crippen LogP contribution is 2.19. The highest BCUT2D eigenvalue weighted by Gasteiger charge is 2.25. The molecule has 10 heavy (non-hydrogen) atoms. The van der Waals surface area contributed by atoms with Gasteiger partial charge in [-0.25, -0.2) is 0 Å². The maximum absolute atomic E-state index is 10.7. The van der Waals surface area contributed by atoms with Crippen molar-refractivity contribution in [1.82, 2.24) is 0 Å². The molecule has 1 saturated heterocycles. The molecule has 1 heterocycles. The van der Waals surface area contributed by atoms with E-state index in [4.69, 9.17) is 11.2 Å². The molecule has 0 aliphatic carbocycles. The lowest BCUT2D eigenvalue weighted by Crippen LogP contribution is -2.29. The van der Waals surface area contributed by atoms with Gasteiger partial charge in [0.15, 0.2) is 6.10 Å². The van der Waals surface area contributed by atoms with Crippen LogP contribution in [0.25, 0.3) is 0 Å². The predicted octanol–water partition coefficient (Wildman–Crippen LogP) is 0.961. The number of hydrogen-bond donors (Lipinski definition) is 0. The molecule has 0 amide bonds. The molecule has 2 atom stereocenters. The minimum atomic E-state index is -0.291. The minimum absolute atomic E-state index is 0.166. The zero-order valence-electron chi connectivity index (χ0n) is 5.96. The van der Waals surface area contributed by atoms with Gasteiger partial charge in [0, 0.05) is 12.3 Å². The Labute approximate surface area is 60.6 Å². The van der Waals surface area contributed by atoms with Crippen LogP contribution in [0.4, 0.5) is 0 Å². The maximum atomic E-state index is 10.7. The van der Waals surface area contributed by atoms with E-state index in [1.165, 1.54) is 0 Å². The summed E-state index contributed by atoms with van der Waals surface area (Å²) in [6, 6.07) is 0. The molecule has 0 saturated carbocycles. The van der Waals surface area contributed by atoms with Crippen molar-refractivity contribution < 1.29 is 9.53 Å². The molecule has 2 unspecified atom stereocenters. The van der Waals surface area contributed by atoms with Crippen LogP contribution in [-0.4, -0.2) is 12.1 Å². The van der Waals surface area contributed by atoms with E-state index in [-0.39, 0.29) is 12.1 Å². The van der Waals surface area contributed by atoms with Crippen LogP contribution >= 0.6 is 0 Å². The van der Waals surface area contributed by atoms with Crippen LogP contribution < -0.4 is 0 Å². The van der Waals surface area contributed by atoms with Crippen molar-refractivity contribution in [2.24, 2.45) is 5.92 Å². The Morgan fingerprint density at radius 3 is 3.00 bits per heavy atom. The molecule has 0 spiro atoms. The molecule has 0 bridgehead atoms. The number of cyclic esters (lactones) is 1. The summed E-state index contributed by atoms with van der Waals surface area (Å²) in [5.41, 5.74) is 0. The van der Waals surface area contributed by atoms with E-state index in [2.05, 4.69) is 5.92 Å². The summed E-state index contributed by atoms with van der Waals surface area (Å²) in [6.45, 7) is 2.00. The third-order valence-corrected chi connectivity index (χ3v) is 1.74. The first-order chi connectivity index (χ1) is 4.74. The fourth-order valence-electron chi connectivity index (χ4n) is 1.01.